The third-order valence-corrected chi connectivity index (χ3v) is 2.93. The second-order valence-corrected chi connectivity index (χ2v) is 4.60. The number of nitrogens with zero attached hydrogens (tertiary/aromatic N) is 2. The molecule has 2 N–H and O–H groups in total. The zero-order valence-electron chi connectivity index (χ0n) is 8.98. The molecule has 2 aromatic rings. The number of hydrogen-bond acceptors (Lipinski definition) is 3. The molecule has 0 radical (unpaired) electrons. The van der Waals surface area contributed by atoms with Crippen LogP contribution in [-0.4, -0.2) is 9.97 Å². The second kappa shape index (κ2) is 5.33. The number of aromatic nitrogens is 2. The highest BCUT2D eigenvalue weighted by atomic mass is 79.9. The number of halogens is 2. The van der Waals surface area contributed by atoms with E-state index in [-0.39, 0.29) is 11.9 Å². The largest absolute Gasteiger partial charge is 0.322 e. The van der Waals surface area contributed by atoms with Crippen LogP contribution in [0.1, 0.15) is 17.3 Å². The van der Waals surface area contributed by atoms with E-state index in [0.29, 0.717) is 17.7 Å². The van der Waals surface area contributed by atoms with Crippen molar-refractivity contribution in [3.05, 3.63) is 58.3 Å². The van der Waals surface area contributed by atoms with Gasteiger partial charge in [-0.1, -0.05) is 15.9 Å². The summed E-state index contributed by atoms with van der Waals surface area (Å²) in [5, 5.41) is 0. The van der Waals surface area contributed by atoms with Crippen molar-refractivity contribution in [2.75, 3.05) is 0 Å². The fourth-order valence-electron chi connectivity index (χ4n) is 1.56. The maximum Gasteiger partial charge on any atom is 0.126 e. The molecule has 1 heterocycles. The van der Waals surface area contributed by atoms with Gasteiger partial charge in [0.25, 0.3) is 0 Å². The molecule has 0 aliphatic rings. The van der Waals surface area contributed by atoms with Crippen LogP contribution in [0.4, 0.5) is 4.39 Å². The van der Waals surface area contributed by atoms with Crippen molar-refractivity contribution in [3.8, 4) is 0 Å². The topological polar surface area (TPSA) is 51.8 Å². The van der Waals surface area contributed by atoms with E-state index in [1.807, 2.05) is 0 Å². The van der Waals surface area contributed by atoms with Crippen molar-refractivity contribution in [1.29, 1.82) is 0 Å². The Hall–Kier alpha value is -1.33. The van der Waals surface area contributed by atoms with E-state index in [1.54, 1.807) is 24.4 Å². The summed E-state index contributed by atoms with van der Waals surface area (Å²) in [5.41, 5.74) is 7.26. The quantitative estimate of drug-likeness (QED) is 0.947. The van der Waals surface area contributed by atoms with Crippen LogP contribution in [0.15, 0.2) is 41.3 Å². The second-order valence-electron chi connectivity index (χ2n) is 3.68. The summed E-state index contributed by atoms with van der Waals surface area (Å²) in [7, 11) is 0. The van der Waals surface area contributed by atoms with E-state index in [1.165, 1.54) is 12.4 Å². The van der Waals surface area contributed by atoms with Gasteiger partial charge in [-0.25, -0.2) is 14.4 Å². The molecular formula is C12H11BrFN3. The Morgan fingerprint density at radius 3 is 2.88 bits per heavy atom. The normalized spacial score (nSPS) is 12.4. The molecule has 88 valence electrons. The molecule has 1 unspecified atom stereocenters. The standard InChI is InChI=1S/C12H11BrFN3/c13-9-1-2-10(14)8(5-9)6-11(15)12-3-4-16-7-17-12/h1-5,7,11H,6,15H2. The predicted molar refractivity (Wildman–Crippen MR) is 66.8 cm³/mol. The number of rotatable bonds is 3. The average molecular weight is 296 g/mol. The molecule has 0 amide bonds. The molecular weight excluding hydrogens is 285 g/mol. The smallest absolute Gasteiger partial charge is 0.126 e. The summed E-state index contributed by atoms with van der Waals surface area (Å²) < 4.78 is 14.4. The van der Waals surface area contributed by atoms with Crippen LogP contribution in [0, 0.1) is 5.82 Å². The van der Waals surface area contributed by atoms with E-state index < -0.39 is 0 Å². The summed E-state index contributed by atoms with van der Waals surface area (Å²) in [4.78, 5) is 7.87. The first-order valence-electron chi connectivity index (χ1n) is 5.12. The van der Waals surface area contributed by atoms with Gasteiger partial charge in [-0.2, -0.15) is 0 Å². The van der Waals surface area contributed by atoms with Crippen LogP contribution in [0.5, 0.6) is 0 Å². The lowest BCUT2D eigenvalue weighted by Crippen LogP contribution is -2.15. The minimum absolute atomic E-state index is 0.252. The Balaban J connectivity index is 2.18. The molecule has 0 saturated heterocycles. The molecule has 17 heavy (non-hydrogen) atoms. The van der Waals surface area contributed by atoms with Gasteiger partial charge < -0.3 is 5.73 Å². The highest BCUT2D eigenvalue weighted by Gasteiger charge is 2.11. The number of benzene rings is 1. The Labute approximate surface area is 107 Å². The maximum atomic E-state index is 13.5. The van der Waals surface area contributed by atoms with Gasteiger partial charge in [0.05, 0.1) is 11.7 Å². The van der Waals surface area contributed by atoms with Gasteiger partial charge in [-0.3, -0.25) is 0 Å². The summed E-state index contributed by atoms with van der Waals surface area (Å²) in [6.45, 7) is 0. The minimum atomic E-state index is -0.332. The first-order valence-corrected chi connectivity index (χ1v) is 5.91. The van der Waals surface area contributed by atoms with Gasteiger partial charge in [0, 0.05) is 10.7 Å². The lowest BCUT2D eigenvalue weighted by atomic mass is 10.0. The van der Waals surface area contributed by atoms with Crippen molar-refractivity contribution >= 4 is 15.9 Å². The number of hydrogen-bond donors (Lipinski definition) is 1. The zero-order chi connectivity index (χ0) is 12.3. The molecule has 0 saturated carbocycles. The highest BCUT2D eigenvalue weighted by Crippen LogP contribution is 2.20. The molecule has 0 spiro atoms. The summed E-state index contributed by atoms with van der Waals surface area (Å²) in [6.07, 6.45) is 3.47. The zero-order valence-corrected chi connectivity index (χ0v) is 10.6. The van der Waals surface area contributed by atoms with Gasteiger partial charge >= 0.3 is 0 Å². The van der Waals surface area contributed by atoms with Crippen molar-refractivity contribution in [1.82, 2.24) is 9.97 Å². The van der Waals surface area contributed by atoms with E-state index in [9.17, 15) is 4.39 Å². The van der Waals surface area contributed by atoms with Gasteiger partial charge in [0.15, 0.2) is 0 Å². The van der Waals surface area contributed by atoms with Crippen LogP contribution in [0.2, 0.25) is 0 Å². The third kappa shape index (κ3) is 3.08. The Morgan fingerprint density at radius 1 is 1.35 bits per heavy atom. The SMILES string of the molecule is NC(Cc1cc(Br)ccc1F)c1ccncn1. The first kappa shape index (κ1) is 12.1. The van der Waals surface area contributed by atoms with E-state index >= 15 is 0 Å². The monoisotopic (exact) mass is 295 g/mol. The molecule has 0 aliphatic heterocycles. The van der Waals surface area contributed by atoms with Crippen molar-refractivity contribution in [3.63, 3.8) is 0 Å². The molecule has 3 nitrogen and oxygen atoms in total. The predicted octanol–water partition coefficient (Wildman–Crippen LogP) is 2.62. The third-order valence-electron chi connectivity index (χ3n) is 2.43. The fourth-order valence-corrected chi connectivity index (χ4v) is 1.97. The molecule has 0 fully saturated rings. The van der Waals surface area contributed by atoms with Gasteiger partial charge in [-0.05, 0) is 36.2 Å². The molecule has 1 aromatic carbocycles. The van der Waals surface area contributed by atoms with Crippen LogP contribution < -0.4 is 5.73 Å². The Bertz CT molecular complexity index is 504. The highest BCUT2D eigenvalue weighted by molar-refractivity contribution is 9.10. The van der Waals surface area contributed by atoms with Crippen LogP contribution in [0.3, 0.4) is 0 Å². The van der Waals surface area contributed by atoms with Crippen LogP contribution >= 0.6 is 15.9 Å². The summed E-state index contributed by atoms with van der Waals surface area (Å²) >= 11 is 3.31. The first-order chi connectivity index (χ1) is 8.16. The van der Waals surface area contributed by atoms with Crippen LogP contribution in [-0.2, 0) is 6.42 Å². The van der Waals surface area contributed by atoms with E-state index in [0.717, 1.165) is 4.47 Å². The number of nitrogens with two attached hydrogens (primary N) is 1. The van der Waals surface area contributed by atoms with Crippen molar-refractivity contribution < 1.29 is 4.39 Å². The molecule has 2 rings (SSSR count). The van der Waals surface area contributed by atoms with Crippen molar-refractivity contribution in [2.45, 2.75) is 12.5 Å². The summed E-state index contributed by atoms with van der Waals surface area (Å²) in [6, 6.07) is 6.22. The minimum Gasteiger partial charge on any atom is -0.322 e. The molecule has 5 heteroatoms. The van der Waals surface area contributed by atoms with Crippen molar-refractivity contribution in [2.24, 2.45) is 5.73 Å². The average Bonchev–Trinajstić information content (AvgIpc) is 2.35. The van der Waals surface area contributed by atoms with Crippen LogP contribution in [0.25, 0.3) is 0 Å². The lowest BCUT2D eigenvalue weighted by molar-refractivity contribution is 0.589. The summed E-state index contributed by atoms with van der Waals surface area (Å²) in [5.74, 6) is -0.252. The molecule has 1 atom stereocenters. The Morgan fingerprint density at radius 2 is 2.18 bits per heavy atom. The maximum absolute atomic E-state index is 13.5. The van der Waals surface area contributed by atoms with E-state index in [2.05, 4.69) is 25.9 Å². The lowest BCUT2D eigenvalue weighted by Gasteiger charge is -2.11. The molecule has 0 bridgehead atoms. The van der Waals surface area contributed by atoms with E-state index in [4.69, 9.17) is 5.73 Å². The van der Waals surface area contributed by atoms with Gasteiger partial charge in [-0.15, -0.1) is 0 Å². The molecule has 0 aliphatic carbocycles. The fraction of sp³-hybridized carbons (Fsp3) is 0.167. The van der Waals surface area contributed by atoms with Gasteiger partial charge in [0.2, 0.25) is 0 Å². The molecule has 1 aromatic heterocycles. The Kier molecular flexibility index (Phi) is 3.81. The van der Waals surface area contributed by atoms with Gasteiger partial charge in [0.1, 0.15) is 12.1 Å².